The number of carbonyl (C=O) groups is 1. The number of aliphatic imine (C=N–C) groups is 1. The van der Waals surface area contributed by atoms with Crippen molar-refractivity contribution < 1.29 is 23.8 Å². The second-order valence-corrected chi connectivity index (χ2v) is 10.4. The number of nitrogens with one attached hydrogen (secondary N) is 1. The molecule has 1 aromatic heterocycles. The van der Waals surface area contributed by atoms with E-state index in [1.54, 1.807) is 25.4 Å². The monoisotopic (exact) mass is 476 g/mol. The second kappa shape index (κ2) is 9.08. The molecule has 0 bridgehead atoms. The summed E-state index contributed by atoms with van der Waals surface area (Å²) in [4.78, 5) is 18.4. The number of hydrogen-bond acceptors (Lipinski definition) is 6. The zero-order valence-electron chi connectivity index (χ0n) is 19.2. The van der Waals surface area contributed by atoms with Crippen molar-refractivity contribution in [3.8, 4) is 11.3 Å². The molecule has 1 amide bonds. The first-order chi connectivity index (χ1) is 15.7. The molecule has 2 aliphatic heterocycles. The van der Waals surface area contributed by atoms with Crippen LogP contribution in [0.5, 0.6) is 0 Å². The summed E-state index contributed by atoms with van der Waals surface area (Å²) in [5.74, 6) is 0.141. The number of halogens is 1. The number of thioether (sulfide) groups is 1. The number of fused-ring (bicyclic) bond motifs is 1. The van der Waals surface area contributed by atoms with Gasteiger partial charge in [-0.3, -0.25) is 10.00 Å². The van der Waals surface area contributed by atoms with E-state index >= 15 is 4.39 Å². The third-order valence-electron chi connectivity index (χ3n) is 6.12. The molecule has 2 aromatic rings. The maximum atomic E-state index is 15.4. The van der Waals surface area contributed by atoms with Crippen LogP contribution in [0.3, 0.4) is 0 Å². The molecule has 3 heterocycles. The van der Waals surface area contributed by atoms with Gasteiger partial charge < -0.3 is 14.6 Å². The summed E-state index contributed by atoms with van der Waals surface area (Å²) in [6, 6.07) is 6.70. The van der Waals surface area contributed by atoms with Crippen LogP contribution in [0.1, 0.15) is 32.8 Å². The van der Waals surface area contributed by atoms with E-state index < -0.39 is 23.0 Å². The number of amides is 1. The van der Waals surface area contributed by atoms with Gasteiger partial charge in [0.25, 0.3) is 0 Å². The normalized spacial score (nSPS) is 25.3. The molecule has 33 heavy (non-hydrogen) atoms. The van der Waals surface area contributed by atoms with Gasteiger partial charge in [0, 0.05) is 41.6 Å². The Bertz CT molecular complexity index is 1040. The molecule has 0 aliphatic carbocycles. The number of ether oxygens (including phenoxy) is 2. The first kappa shape index (κ1) is 23.7. The topological polar surface area (TPSA) is 100 Å². The number of nitrogens with zero attached hydrogens (tertiary/aromatic N) is 3. The smallest absolute Gasteiger partial charge is 0.413 e. The van der Waals surface area contributed by atoms with Crippen LogP contribution in [0.4, 0.5) is 9.18 Å². The van der Waals surface area contributed by atoms with Crippen LogP contribution in [-0.2, 0) is 15.0 Å². The van der Waals surface area contributed by atoms with Gasteiger partial charge in [0.15, 0.2) is 5.17 Å². The maximum absolute atomic E-state index is 15.4. The number of carboxylic acid groups (broad SMARTS) is 1. The number of amidine groups is 1. The average Bonchev–Trinajstić information content (AvgIpc) is 3.28. The minimum absolute atomic E-state index is 0.0534. The molecule has 0 radical (unpaired) electrons. The van der Waals surface area contributed by atoms with Gasteiger partial charge in [0.1, 0.15) is 11.4 Å². The first-order valence-corrected chi connectivity index (χ1v) is 11.8. The lowest BCUT2D eigenvalue weighted by atomic mass is 9.74. The van der Waals surface area contributed by atoms with E-state index in [0.29, 0.717) is 29.5 Å². The highest BCUT2D eigenvalue weighted by Gasteiger charge is 2.51. The summed E-state index contributed by atoms with van der Waals surface area (Å²) in [7, 11) is 1.62. The molecular weight excluding hydrogens is 447 g/mol. The summed E-state index contributed by atoms with van der Waals surface area (Å²) in [5.41, 5.74) is 0.166. The number of hydrogen-bond donors (Lipinski definition) is 2. The van der Waals surface area contributed by atoms with Crippen molar-refractivity contribution in [3.05, 3.63) is 41.8 Å². The summed E-state index contributed by atoms with van der Waals surface area (Å²) in [5, 5.41) is 17.2. The summed E-state index contributed by atoms with van der Waals surface area (Å²) in [6.45, 7) is 6.02. The third-order valence-corrected chi connectivity index (χ3v) is 7.22. The molecule has 2 aliphatic rings. The number of benzene rings is 1. The molecule has 1 saturated heterocycles. The molecule has 1 fully saturated rings. The van der Waals surface area contributed by atoms with Crippen molar-refractivity contribution >= 4 is 23.0 Å². The fourth-order valence-corrected chi connectivity index (χ4v) is 5.99. The number of methoxy groups -OCH3 is 1. The molecule has 0 unspecified atom stereocenters. The van der Waals surface area contributed by atoms with Crippen LogP contribution < -0.4 is 0 Å². The Morgan fingerprint density at radius 2 is 2.21 bits per heavy atom. The van der Waals surface area contributed by atoms with E-state index in [2.05, 4.69) is 10.2 Å². The molecule has 0 spiro atoms. The molecule has 1 aromatic carbocycles. The van der Waals surface area contributed by atoms with Crippen molar-refractivity contribution in [3.63, 3.8) is 0 Å². The lowest BCUT2D eigenvalue weighted by molar-refractivity contribution is -0.0840. The largest absolute Gasteiger partial charge is 0.465 e. The SMILES string of the molecule is COC[C@H]1C[C@H]2CSC(N(C(=O)O)C(C)(C)C)=N[C@@]2(c2cc(-c3ccn[nH]3)ccc2F)CO1. The van der Waals surface area contributed by atoms with Crippen LogP contribution in [0.25, 0.3) is 11.3 Å². The number of H-pyrrole nitrogens is 1. The van der Waals surface area contributed by atoms with E-state index in [-0.39, 0.29) is 18.6 Å². The standard InChI is InChI=1S/C23H29FN4O4S/c1-22(2,3)28(21(29)30)20-26-23(13-32-16(11-31-4)10-15(23)12-33-20)17-9-14(5-6-18(17)24)19-7-8-25-27-19/h5-9,15-16H,10-13H2,1-4H3,(H,25,27)(H,29,30)/t15-,16+,23-/m0/s1. The van der Waals surface area contributed by atoms with Crippen LogP contribution >= 0.6 is 11.8 Å². The molecule has 2 N–H and O–H groups in total. The van der Waals surface area contributed by atoms with Gasteiger partial charge in [0.05, 0.1) is 25.0 Å². The van der Waals surface area contributed by atoms with Crippen molar-refractivity contribution in [1.29, 1.82) is 0 Å². The van der Waals surface area contributed by atoms with Crippen molar-refractivity contribution in [1.82, 2.24) is 15.1 Å². The van der Waals surface area contributed by atoms with Crippen LogP contribution in [-0.4, -0.2) is 69.2 Å². The van der Waals surface area contributed by atoms with Gasteiger partial charge >= 0.3 is 6.09 Å². The van der Waals surface area contributed by atoms with E-state index in [9.17, 15) is 9.90 Å². The quantitative estimate of drug-likeness (QED) is 0.681. The maximum Gasteiger partial charge on any atom is 0.413 e. The number of aromatic amines is 1. The van der Waals surface area contributed by atoms with Gasteiger partial charge in [-0.25, -0.2) is 14.2 Å². The Hall–Kier alpha value is -2.43. The fraction of sp³-hybridized carbons (Fsp3) is 0.522. The van der Waals surface area contributed by atoms with E-state index in [0.717, 1.165) is 11.3 Å². The van der Waals surface area contributed by atoms with Gasteiger partial charge in [-0.2, -0.15) is 5.10 Å². The van der Waals surface area contributed by atoms with Crippen molar-refractivity contribution in [2.45, 2.75) is 44.4 Å². The second-order valence-electron chi connectivity index (χ2n) is 9.40. The Balaban J connectivity index is 1.86. The van der Waals surface area contributed by atoms with Gasteiger partial charge in [-0.05, 0) is 51.5 Å². The predicted octanol–water partition coefficient (Wildman–Crippen LogP) is 4.34. The highest BCUT2D eigenvalue weighted by molar-refractivity contribution is 8.13. The van der Waals surface area contributed by atoms with Gasteiger partial charge in [-0.1, -0.05) is 11.8 Å². The summed E-state index contributed by atoms with van der Waals surface area (Å²) < 4.78 is 26.8. The summed E-state index contributed by atoms with van der Waals surface area (Å²) in [6.07, 6.45) is 1.05. The molecule has 0 saturated carbocycles. The molecule has 3 atom stereocenters. The molecule has 178 valence electrons. The molecule has 4 rings (SSSR count). The van der Waals surface area contributed by atoms with Crippen LogP contribution in [0.15, 0.2) is 35.5 Å². The average molecular weight is 477 g/mol. The fourth-order valence-electron chi connectivity index (χ4n) is 4.52. The first-order valence-electron chi connectivity index (χ1n) is 10.8. The third kappa shape index (κ3) is 4.51. The van der Waals surface area contributed by atoms with Crippen molar-refractivity contribution in [2.24, 2.45) is 10.9 Å². The highest BCUT2D eigenvalue weighted by Crippen LogP contribution is 2.48. The van der Waals surface area contributed by atoms with Gasteiger partial charge in [-0.15, -0.1) is 0 Å². The lowest BCUT2D eigenvalue weighted by Crippen LogP contribution is -2.55. The van der Waals surface area contributed by atoms with Crippen LogP contribution in [0.2, 0.25) is 0 Å². The zero-order chi connectivity index (χ0) is 23.8. The van der Waals surface area contributed by atoms with E-state index in [1.165, 1.54) is 22.7 Å². The Labute approximate surface area is 196 Å². The Morgan fingerprint density at radius 3 is 2.85 bits per heavy atom. The number of rotatable bonds is 4. The Kier molecular flexibility index (Phi) is 6.52. The van der Waals surface area contributed by atoms with E-state index in [1.807, 2.05) is 26.8 Å². The van der Waals surface area contributed by atoms with Crippen LogP contribution in [0, 0.1) is 11.7 Å². The molecule has 8 nitrogen and oxygen atoms in total. The number of aromatic nitrogens is 2. The van der Waals surface area contributed by atoms with E-state index in [4.69, 9.17) is 14.5 Å². The molecule has 10 heteroatoms. The minimum atomic E-state index is -1.09. The lowest BCUT2D eigenvalue weighted by Gasteiger charge is -2.48. The Morgan fingerprint density at radius 1 is 1.42 bits per heavy atom. The van der Waals surface area contributed by atoms with Gasteiger partial charge in [0.2, 0.25) is 0 Å². The predicted molar refractivity (Wildman–Crippen MR) is 125 cm³/mol. The highest BCUT2D eigenvalue weighted by atomic mass is 32.2. The zero-order valence-corrected chi connectivity index (χ0v) is 20.0. The summed E-state index contributed by atoms with van der Waals surface area (Å²) >= 11 is 1.39. The minimum Gasteiger partial charge on any atom is -0.465 e. The molecular formula is C23H29FN4O4S. The van der Waals surface area contributed by atoms with Crippen molar-refractivity contribution in [2.75, 3.05) is 26.1 Å².